The summed E-state index contributed by atoms with van der Waals surface area (Å²) in [6, 6.07) is 63.9. The Morgan fingerprint density at radius 2 is 1.10 bits per heavy atom. The van der Waals surface area contributed by atoms with Crippen molar-refractivity contribution in [3.05, 3.63) is 176 Å². The van der Waals surface area contributed by atoms with Gasteiger partial charge in [-0.05, 0) is 68.8 Å². The van der Waals surface area contributed by atoms with Crippen LogP contribution in [-0.4, -0.2) is 13.1 Å². The molecule has 0 N–H and O–H groups in total. The van der Waals surface area contributed by atoms with E-state index in [1.54, 1.807) is 0 Å². The molecule has 0 aliphatic carbocycles. The Morgan fingerprint density at radius 3 is 1.86 bits per heavy atom. The van der Waals surface area contributed by atoms with E-state index in [0.29, 0.717) is 0 Å². The van der Waals surface area contributed by atoms with Crippen LogP contribution in [0.4, 0.5) is 34.3 Å². The van der Waals surface area contributed by atoms with Crippen LogP contribution in [0.5, 0.6) is 0 Å². The van der Waals surface area contributed by atoms with Gasteiger partial charge in [-0.1, -0.05) is 153 Å². The molecule has 0 radical (unpaired) electrons. The van der Waals surface area contributed by atoms with Crippen LogP contribution in [0.25, 0.3) is 44.3 Å². The average molecular weight is 670 g/mol. The highest BCUT2D eigenvalue weighted by Gasteiger charge is 2.43. The lowest BCUT2D eigenvalue weighted by Crippen LogP contribution is -2.58. The molecule has 2 aliphatic heterocycles. The molecule has 0 atom stereocenters. The molecule has 0 spiro atoms. The van der Waals surface area contributed by atoms with E-state index >= 15 is 0 Å². The summed E-state index contributed by atoms with van der Waals surface area (Å²) in [6.45, 7) is 5.01. The molecule has 0 amide bonds. The summed E-state index contributed by atoms with van der Waals surface area (Å²) in [4.78, 5) is 10.5. The Balaban J connectivity index is 1.35. The van der Waals surface area contributed by atoms with E-state index in [4.69, 9.17) is 4.98 Å². The summed E-state index contributed by atoms with van der Waals surface area (Å²) in [7, 11) is -2.17. The summed E-state index contributed by atoms with van der Waals surface area (Å²) >= 11 is 0. The second-order valence-corrected chi connectivity index (χ2v) is 18.3. The van der Waals surface area contributed by atoms with E-state index in [1.165, 1.54) is 49.3 Å². The first-order chi connectivity index (χ1) is 25.1. The first-order valence-corrected chi connectivity index (χ1v) is 20.7. The minimum absolute atomic E-state index is 0.901. The molecule has 0 bridgehead atoms. The summed E-state index contributed by atoms with van der Waals surface area (Å²) < 4.78 is 0. The van der Waals surface area contributed by atoms with E-state index < -0.39 is 8.07 Å². The van der Waals surface area contributed by atoms with Crippen molar-refractivity contribution in [2.75, 3.05) is 9.80 Å². The molecule has 242 valence electrons. The van der Waals surface area contributed by atoms with E-state index in [-0.39, 0.29) is 0 Å². The van der Waals surface area contributed by atoms with Crippen molar-refractivity contribution in [1.29, 1.82) is 0 Å². The molecule has 0 unspecified atom stereocenters. The zero-order valence-corrected chi connectivity index (χ0v) is 29.6. The van der Waals surface area contributed by atoms with Crippen molar-refractivity contribution < 1.29 is 0 Å². The molecule has 7 aromatic carbocycles. The Morgan fingerprint density at radius 1 is 0.451 bits per heavy atom. The van der Waals surface area contributed by atoms with Gasteiger partial charge in [-0.25, -0.2) is 4.98 Å². The molecule has 3 heterocycles. The maximum absolute atomic E-state index is 5.56. The van der Waals surface area contributed by atoms with Gasteiger partial charge in [0.2, 0.25) is 0 Å². The number of aromatic nitrogens is 1. The number of anilines is 6. The molecule has 8 aromatic rings. The highest BCUT2D eigenvalue weighted by molar-refractivity contribution is 7.03. The number of hydrogen-bond donors (Lipinski definition) is 0. The fraction of sp³-hybridized carbons (Fsp3) is 0.0426. The van der Waals surface area contributed by atoms with Gasteiger partial charge in [0.05, 0.1) is 22.8 Å². The molecule has 0 saturated carbocycles. The molecular formula is C47H35N3Si. The lowest BCUT2D eigenvalue weighted by molar-refractivity contribution is 1.17. The van der Waals surface area contributed by atoms with Crippen LogP contribution in [0.1, 0.15) is 0 Å². The van der Waals surface area contributed by atoms with Crippen LogP contribution >= 0.6 is 0 Å². The Hall–Kier alpha value is -6.23. The molecule has 4 heteroatoms. The molecular weight excluding hydrogens is 635 g/mol. The van der Waals surface area contributed by atoms with Crippen molar-refractivity contribution in [3.63, 3.8) is 0 Å². The summed E-state index contributed by atoms with van der Waals surface area (Å²) in [5.74, 6) is 0.901. The van der Waals surface area contributed by atoms with Crippen LogP contribution in [0.3, 0.4) is 0 Å². The van der Waals surface area contributed by atoms with Gasteiger partial charge >= 0.3 is 0 Å². The van der Waals surface area contributed by atoms with Gasteiger partial charge in [-0.2, -0.15) is 0 Å². The monoisotopic (exact) mass is 669 g/mol. The molecule has 3 nitrogen and oxygen atoms in total. The molecule has 1 aromatic heterocycles. The van der Waals surface area contributed by atoms with Crippen LogP contribution in [0.2, 0.25) is 13.1 Å². The number of nitrogens with zero attached hydrogens (tertiary/aromatic N) is 3. The van der Waals surface area contributed by atoms with Crippen molar-refractivity contribution in [1.82, 2.24) is 4.98 Å². The minimum atomic E-state index is -2.17. The largest absolute Gasteiger partial charge is 0.309 e. The number of fused-ring (bicyclic) bond motifs is 5. The predicted molar refractivity (Wildman–Crippen MR) is 218 cm³/mol. The van der Waals surface area contributed by atoms with E-state index in [1.807, 2.05) is 0 Å². The third-order valence-electron chi connectivity index (χ3n) is 10.7. The van der Waals surface area contributed by atoms with Crippen molar-refractivity contribution in [2.45, 2.75) is 13.1 Å². The smallest absolute Gasteiger partial charge is 0.138 e. The van der Waals surface area contributed by atoms with Gasteiger partial charge in [0, 0.05) is 27.9 Å². The number of benzene rings is 7. The fourth-order valence-corrected chi connectivity index (χ4v) is 11.3. The quantitative estimate of drug-likeness (QED) is 0.174. The van der Waals surface area contributed by atoms with Crippen molar-refractivity contribution in [2.24, 2.45) is 0 Å². The zero-order valence-electron chi connectivity index (χ0n) is 28.6. The van der Waals surface area contributed by atoms with E-state index in [2.05, 4.69) is 199 Å². The molecule has 0 fully saturated rings. The van der Waals surface area contributed by atoms with Crippen molar-refractivity contribution in [3.8, 4) is 33.5 Å². The summed E-state index contributed by atoms with van der Waals surface area (Å²) in [5.41, 5.74) is 12.8. The van der Waals surface area contributed by atoms with Crippen LogP contribution in [0.15, 0.2) is 176 Å². The van der Waals surface area contributed by atoms with Gasteiger partial charge in [0.1, 0.15) is 13.9 Å². The second-order valence-electron chi connectivity index (χ2n) is 14.0. The number of rotatable bonds is 4. The molecule has 10 rings (SSSR count). The first kappa shape index (κ1) is 29.7. The Kier molecular flexibility index (Phi) is 6.64. The average Bonchev–Trinajstić information content (AvgIpc) is 3.19. The van der Waals surface area contributed by atoms with E-state index in [0.717, 1.165) is 39.6 Å². The van der Waals surface area contributed by atoms with E-state index in [9.17, 15) is 0 Å². The maximum Gasteiger partial charge on any atom is 0.138 e. The lowest BCUT2D eigenvalue weighted by atomic mass is 9.89. The maximum atomic E-state index is 5.56. The predicted octanol–water partition coefficient (Wildman–Crippen LogP) is 11.6. The summed E-state index contributed by atoms with van der Waals surface area (Å²) in [5, 5.41) is 5.34. The molecule has 51 heavy (non-hydrogen) atoms. The van der Waals surface area contributed by atoms with Crippen LogP contribution in [0, 0.1) is 0 Å². The Bertz CT molecular complexity index is 2550. The van der Waals surface area contributed by atoms with Gasteiger partial charge in [-0.3, -0.25) is 4.90 Å². The minimum Gasteiger partial charge on any atom is -0.309 e. The summed E-state index contributed by atoms with van der Waals surface area (Å²) in [6.07, 6.45) is 0. The molecule has 0 saturated heterocycles. The third-order valence-corrected chi connectivity index (χ3v) is 14.3. The van der Waals surface area contributed by atoms with Crippen LogP contribution in [-0.2, 0) is 0 Å². The highest BCUT2D eigenvalue weighted by Crippen LogP contribution is 2.56. The van der Waals surface area contributed by atoms with Crippen molar-refractivity contribution >= 4 is 63.5 Å². The molecule has 2 aliphatic rings. The first-order valence-electron chi connectivity index (χ1n) is 17.7. The standard InChI is InChI=1S/C47H35N3Si/c1-51(2)42-27-13-12-25-40(42)49(36-22-10-5-11-23-36)47-43(51)29-28-38-37-24-14-20-34-21-15-26-41(45(34)37)50(46(38)47)44-31-35(32-16-6-3-7-17-32)30-39(48-44)33-18-8-4-9-19-33/h3-31H,1-2H3. The number of hydrogen-bond acceptors (Lipinski definition) is 3. The topological polar surface area (TPSA) is 19.4 Å². The Labute approximate surface area is 299 Å². The number of para-hydroxylation sites is 2. The van der Waals surface area contributed by atoms with Crippen LogP contribution < -0.4 is 20.2 Å². The normalized spacial score (nSPS) is 13.8. The number of pyridine rings is 1. The fourth-order valence-electron chi connectivity index (χ4n) is 8.34. The SMILES string of the molecule is C[Si]1(C)c2ccccc2N(c2ccccc2)c2c1ccc1c2N(c2cc(-c3ccccc3)cc(-c3ccccc3)n2)c2cccc3cccc-1c23. The van der Waals surface area contributed by atoms with Gasteiger partial charge < -0.3 is 4.90 Å². The lowest BCUT2D eigenvalue weighted by Gasteiger charge is -2.45. The third kappa shape index (κ3) is 4.53. The zero-order chi connectivity index (χ0) is 34.1. The van der Waals surface area contributed by atoms with Gasteiger partial charge in [0.25, 0.3) is 0 Å². The van der Waals surface area contributed by atoms with Gasteiger partial charge in [0.15, 0.2) is 0 Å². The second kappa shape index (κ2) is 11.4. The van der Waals surface area contributed by atoms with Gasteiger partial charge in [-0.15, -0.1) is 0 Å². The highest BCUT2D eigenvalue weighted by atomic mass is 28.3.